The number of amides is 2. The van der Waals surface area contributed by atoms with Crippen LogP contribution >= 0.6 is 15.9 Å². The SMILES string of the molecule is COC(=O)NC(C(=O)N1CC(COc2ccnc(Br)c2)CC1C(=O)O)C(C)(C)C. The Kier molecular flexibility index (Phi) is 7.45. The van der Waals surface area contributed by atoms with Crippen molar-refractivity contribution in [2.45, 2.75) is 39.3 Å². The molecule has 1 aliphatic heterocycles. The molecule has 1 aliphatic rings. The minimum Gasteiger partial charge on any atom is -0.493 e. The van der Waals surface area contributed by atoms with Crippen LogP contribution in [0.15, 0.2) is 22.9 Å². The van der Waals surface area contributed by atoms with Gasteiger partial charge < -0.3 is 24.8 Å². The van der Waals surface area contributed by atoms with E-state index >= 15 is 0 Å². The molecule has 2 amide bonds. The number of aliphatic carboxylic acids is 1. The summed E-state index contributed by atoms with van der Waals surface area (Å²) in [5.74, 6) is -1.10. The van der Waals surface area contributed by atoms with Crippen molar-refractivity contribution in [2.24, 2.45) is 11.3 Å². The Labute approximate surface area is 177 Å². The average molecular weight is 472 g/mol. The van der Waals surface area contributed by atoms with E-state index in [1.54, 1.807) is 39.1 Å². The number of pyridine rings is 1. The molecule has 0 spiro atoms. The molecule has 10 heteroatoms. The molecule has 1 aromatic heterocycles. The van der Waals surface area contributed by atoms with Crippen LogP contribution in [0, 0.1) is 11.3 Å². The monoisotopic (exact) mass is 471 g/mol. The molecule has 0 aromatic carbocycles. The van der Waals surface area contributed by atoms with Crippen LogP contribution in [0.3, 0.4) is 0 Å². The van der Waals surface area contributed by atoms with E-state index < -0.39 is 35.5 Å². The maximum absolute atomic E-state index is 13.2. The summed E-state index contributed by atoms with van der Waals surface area (Å²) in [5, 5.41) is 12.2. The molecule has 1 fully saturated rings. The van der Waals surface area contributed by atoms with Crippen molar-refractivity contribution in [3.05, 3.63) is 22.9 Å². The number of nitrogens with zero attached hydrogens (tertiary/aromatic N) is 2. The van der Waals surface area contributed by atoms with Crippen LogP contribution in [0.25, 0.3) is 0 Å². The lowest BCUT2D eigenvalue weighted by Gasteiger charge is -2.34. The minimum absolute atomic E-state index is 0.161. The zero-order valence-corrected chi connectivity index (χ0v) is 18.4. The van der Waals surface area contributed by atoms with Crippen LogP contribution in [0.2, 0.25) is 0 Å². The van der Waals surface area contributed by atoms with E-state index in [1.165, 1.54) is 12.0 Å². The summed E-state index contributed by atoms with van der Waals surface area (Å²) >= 11 is 3.27. The van der Waals surface area contributed by atoms with Gasteiger partial charge in [-0.15, -0.1) is 0 Å². The lowest BCUT2D eigenvalue weighted by Crippen LogP contribution is -2.56. The molecule has 0 bridgehead atoms. The molecule has 2 heterocycles. The van der Waals surface area contributed by atoms with Gasteiger partial charge in [0.1, 0.15) is 22.4 Å². The maximum Gasteiger partial charge on any atom is 0.407 e. The second kappa shape index (κ2) is 9.43. The van der Waals surface area contributed by atoms with Gasteiger partial charge >= 0.3 is 12.1 Å². The molecule has 2 N–H and O–H groups in total. The van der Waals surface area contributed by atoms with Gasteiger partial charge in [0, 0.05) is 24.7 Å². The third-order valence-electron chi connectivity index (χ3n) is 4.70. The van der Waals surface area contributed by atoms with Crippen LogP contribution < -0.4 is 10.1 Å². The second-order valence-electron chi connectivity index (χ2n) is 8.01. The molecule has 2 rings (SSSR count). The normalized spacial score (nSPS) is 20.1. The smallest absolute Gasteiger partial charge is 0.407 e. The predicted octanol–water partition coefficient (Wildman–Crippen LogP) is 2.30. The van der Waals surface area contributed by atoms with E-state index in [2.05, 4.69) is 31.0 Å². The number of hydrogen-bond acceptors (Lipinski definition) is 6. The van der Waals surface area contributed by atoms with E-state index in [-0.39, 0.29) is 25.5 Å². The Morgan fingerprint density at radius 2 is 2.10 bits per heavy atom. The molecule has 0 radical (unpaired) electrons. The number of carboxylic acids is 1. The summed E-state index contributed by atoms with van der Waals surface area (Å²) in [6.45, 7) is 5.85. The lowest BCUT2D eigenvalue weighted by atomic mass is 9.85. The topological polar surface area (TPSA) is 118 Å². The summed E-state index contributed by atoms with van der Waals surface area (Å²) in [6.07, 6.45) is 1.12. The molecule has 9 nitrogen and oxygen atoms in total. The number of alkyl carbamates (subject to hydrolysis) is 1. The van der Waals surface area contributed by atoms with Gasteiger partial charge in [-0.2, -0.15) is 0 Å². The van der Waals surface area contributed by atoms with Crippen molar-refractivity contribution in [1.82, 2.24) is 15.2 Å². The number of carboxylic acid groups (broad SMARTS) is 1. The van der Waals surface area contributed by atoms with Crippen LogP contribution in [-0.2, 0) is 14.3 Å². The molecule has 160 valence electrons. The van der Waals surface area contributed by atoms with Crippen molar-refractivity contribution in [1.29, 1.82) is 0 Å². The van der Waals surface area contributed by atoms with Crippen molar-refractivity contribution < 1.29 is 29.0 Å². The van der Waals surface area contributed by atoms with Crippen LogP contribution in [-0.4, -0.2) is 65.3 Å². The Hall–Kier alpha value is -2.36. The van der Waals surface area contributed by atoms with Gasteiger partial charge in [-0.3, -0.25) is 4.79 Å². The first-order valence-corrected chi connectivity index (χ1v) is 9.94. The number of ether oxygens (including phenoxy) is 2. The van der Waals surface area contributed by atoms with Gasteiger partial charge in [-0.05, 0) is 33.8 Å². The predicted molar refractivity (Wildman–Crippen MR) is 107 cm³/mol. The number of rotatable bonds is 6. The molecular weight excluding hydrogens is 446 g/mol. The highest BCUT2D eigenvalue weighted by atomic mass is 79.9. The molecule has 0 aliphatic carbocycles. The van der Waals surface area contributed by atoms with Gasteiger partial charge in [0.25, 0.3) is 0 Å². The highest BCUT2D eigenvalue weighted by Crippen LogP contribution is 2.29. The Balaban J connectivity index is 2.13. The standard InChI is InChI=1S/C19H26BrN3O6/c1-19(2,3)15(22-18(27)28-4)16(24)23-9-11(7-13(23)17(25)26)10-29-12-5-6-21-14(20)8-12/h5-6,8,11,13,15H,7,9-10H2,1-4H3,(H,22,27)(H,25,26). The van der Waals surface area contributed by atoms with Gasteiger partial charge in [0.2, 0.25) is 5.91 Å². The van der Waals surface area contributed by atoms with Crippen molar-refractivity contribution in [2.75, 3.05) is 20.3 Å². The molecule has 29 heavy (non-hydrogen) atoms. The summed E-state index contributed by atoms with van der Waals surface area (Å²) in [5.41, 5.74) is -0.633. The largest absolute Gasteiger partial charge is 0.493 e. The molecule has 1 aromatic rings. The second-order valence-corrected chi connectivity index (χ2v) is 8.82. The molecule has 0 saturated carbocycles. The van der Waals surface area contributed by atoms with Crippen molar-refractivity contribution in [3.63, 3.8) is 0 Å². The number of hydrogen-bond donors (Lipinski definition) is 2. The van der Waals surface area contributed by atoms with E-state index in [0.29, 0.717) is 10.4 Å². The first-order valence-electron chi connectivity index (χ1n) is 9.15. The zero-order chi connectivity index (χ0) is 21.8. The highest BCUT2D eigenvalue weighted by Gasteiger charge is 2.45. The summed E-state index contributed by atoms with van der Waals surface area (Å²) < 4.78 is 11.0. The fourth-order valence-corrected chi connectivity index (χ4v) is 3.55. The van der Waals surface area contributed by atoms with E-state index in [9.17, 15) is 19.5 Å². The van der Waals surface area contributed by atoms with Gasteiger partial charge in [-0.1, -0.05) is 20.8 Å². The molecular formula is C19H26BrN3O6. The van der Waals surface area contributed by atoms with Crippen molar-refractivity contribution >= 4 is 33.9 Å². The molecule has 3 atom stereocenters. The number of halogens is 1. The Morgan fingerprint density at radius 3 is 2.66 bits per heavy atom. The van der Waals surface area contributed by atoms with E-state index in [1.807, 2.05) is 0 Å². The first kappa shape index (κ1) is 22.9. The van der Waals surface area contributed by atoms with Crippen LogP contribution in [0.1, 0.15) is 27.2 Å². The quantitative estimate of drug-likeness (QED) is 0.610. The highest BCUT2D eigenvalue weighted by molar-refractivity contribution is 9.10. The fourth-order valence-electron chi connectivity index (χ4n) is 3.20. The Morgan fingerprint density at radius 1 is 1.41 bits per heavy atom. The first-order chi connectivity index (χ1) is 13.5. The number of methoxy groups -OCH3 is 1. The summed E-state index contributed by atoms with van der Waals surface area (Å²) in [4.78, 5) is 42.0. The van der Waals surface area contributed by atoms with E-state index in [0.717, 1.165) is 0 Å². The third-order valence-corrected chi connectivity index (χ3v) is 5.13. The third kappa shape index (κ3) is 6.06. The van der Waals surface area contributed by atoms with Gasteiger partial charge in [0.05, 0.1) is 13.7 Å². The number of nitrogens with one attached hydrogen (secondary N) is 1. The zero-order valence-electron chi connectivity index (χ0n) is 16.8. The molecule has 3 unspecified atom stereocenters. The van der Waals surface area contributed by atoms with E-state index in [4.69, 9.17) is 4.74 Å². The van der Waals surface area contributed by atoms with Gasteiger partial charge in [0.15, 0.2) is 0 Å². The fraction of sp³-hybridized carbons (Fsp3) is 0.579. The van der Waals surface area contributed by atoms with Gasteiger partial charge in [-0.25, -0.2) is 14.6 Å². The Bertz CT molecular complexity index is 767. The minimum atomic E-state index is -1.08. The number of carbonyl (C=O) groups is 3. The molecule has 1 saturated heterocycles. The van der Waals surface area contributed by atoms with Crippen molar-refractivity contribution in [3.8, 4) is 5.75 Å². The maximum atomic E-state index is 13.2. The van der Waals surface area contributed by atoms with Crippen LogP contribution in [0.5, 0.6) is 5.75 Å². The lowest BCUT2D eigenvalue weighted by molar-refractivity contribution is -0.150. The van der Waals surface area contributed by atoms with Crippen LogP contribution in [0.4, 0.5) is 4.79 Å². The number of carbonyl (C=O) groups excluding carboxylic acids is 2. The summed E-state index contributed by atoms with van der Waals surface area (Å²) in [7, 11) is 1.21. The number of likely N-dealkylation sites (tertiary alicyclic amines) is 1. The number of aromatic nitrogens is 1. The summed E-state index contributed by atoms with van der Waals surface area (Å²) in [6, 6.07) is 1.51. The average Bonchev–Trinajstić information content (AvgIpc) is 3.07.